The number of amides is 3. The van der Waals surface area contributed by atoms with Crippen LogP contribution in [0.3, 0.4) is 0 Å². The van der Waals surface area contributed by atoms with Crippen LogP contribution >= 0.6 is 0 Å². The molecule has 8 nitrogen and oxygen atoms in total. The number of nitrogens with one attached hydrogen (secondary N) is 3. The number of pyridine rings is 1. The molecule has 1 atom stereocenters. The van der Waals surface area contributed by atoms with Gasteiger partial charge in [-0.3, -0.25) is 15.2 Å². The summed E-state index contributed by atoms with van der Waals surface area (Å²) in [4.78, 5) is 32.8. The fraction of sp³-hybridized carbons (Fsp3) is 0.125. The molecule has 1 unspecified atom stereocenters. The number of anilines is 1. The van der Waals surface area contributed by atoms with E-state index in [2.05, 4.69) is 26.3 Å². The molecule has 1 aromatic carbocycles. The van der Waals surface area contributed by atoms with Crippen molar-refractivity contribution in [3.63, 3.8) is 0 Å². The van der Waals surface area contributed by atoms with Crippen molar-refractivity contribution in [2.75, 3.05) is 5.32 Å². The number of hydrogen-bond acceptors (Lipinski definition) is 5. The average molecular weight is 325 g/mol. The summed E-state index contributed by atoms with van der Waals surface area (Å²) in [7, 11) is 0. The zero-order valence-electron chi connectivity index (χ0n) is 12.6. The minimum absolute atomic E-state index is 0.305. The second-order valence-corrected chi connectivity index (χ2v) is 5.01. The molecule has 8 heteroatoms. The van der Waals surface area contributed by atoms with Crippen LogP contribution in [0.4, 0.5) is 10.5 Å². The number of benzene rings is 1. The van der Waals surface area contributed by atoms with E-state index in [9.17, 15) is 9.59 Å². The largest absolute Gasteiger partial charge is 0.382 e. The second-order valence-electron chi connectivity index (χ2n) is 5.01. The van der Waals surface area contributed by atoms with Crippen LogP contribution in [0, 0.1) is 0 Å². The van der Waals surface area contributed by atoms with E-state index in [0.717, 1.165) is 5.56 Å². The van der Waals surface area contributed by atoms with E-state index in [-0.39, 0.29) is 0 Å². The third-order valence-electron chi connectivity index (χ3n) is 3.29. The van der Waals surface area contributed by atoms with E-state index in [1.807, 2.05) is 12.1 Å². The maximum atomic E-state index is 12.0. The van der Waals surface area contributed by atoms with Crippen molar-refractivity contribution in [3.05, 3.63) is 60.4 Å². The molecule has 3 rings (SSSR count). The summed E-state index contributed by atoms with van der Waals surface area (Å²) in [5.41, 5.74) is 6.62. The number of oxime groups is 1. The van der Waals surface area contributed by atoms with E-state index in [1.54, 1.807) is 42.7 Å². The molecule has 0 bridgehead atoms. The molecule has 1 aliphatic rings. The summed E-state index contributed by atoms with van der Waals surface area (Å²) >= 11 is 0. The van der Waals surface area contributed by atoms with Gasteiger partial charge in [0.15, 0.2) is 0 Å². The first-order valence-corrected chi connectivity index (χ1v) is 7.27. The minimum atomic E-state index is -0.794. The van der Waals surface area contributed by atoms with Crippen LogP contribution in [0.25, 0.3) is 0 Å². The van der Waals surface area contributed by atoms with E-state index in [0.29, 0.717) is 17.8 Å². The van der Waals surface area contributed by atoms with Crippen molar-refractivity contribution in [2.45, 2.75) is 12.5 Å². The number of hydrogen-bond donors (Lipinski definition) is 3. The van der Waals surface area contributed by atoms with Crippen LogP contribution in [0.15, 0.2) is 60.0 Å². The number of rotatable bonds is 3. The highest BCUT2D eigenvalue weighted by molar-refractivity contribution is 6.04. The Morgan fingerprint density at radius 3 is 2.67 bits per heavy atom. The lowest BCUT2D eigenvalue weighted by molar-refractivity contribution is -0.131. The third-order valence-corrected chi connectivity index (χ3v) is 3.29. The molecule has 2 heterocycles. The zero-order chi connectivity index (χ0) is 16.8. The van der Waals surface area contributed by atoms with Gasteiger partial charge in [0.05, 0.1) is 5.71 Å². The Hall–Kier alpha value is -3.42. The van der Waals surface area contributed by atoms with Crippen molar-refractivity contribution in [2.24, 2.45) is 5.16 Å². The van der Waals surface area contributed by atoms with Crippen LogP contribution in [-0.2, 0) is 9.63 Å². The summed E-state index contributed by atoms with van der Waals surface area (Å²) in [6, 6.07) is 11.9. The molecule has 1 aliphatic heterocycles. The highest BCUT2D eigenvalue weighted by Crippen LogP contribution is 2.15. The lowest BCUT2D eigenvalue weighted by Gasteiger charge is -2.11. The SMILES string of the molecule is O=C(NNC(=O)C1CC(c2cccnc2)=NO1)Nc1ccccc1. The Morgan fingerprint density at radius 1 is 1.08 bits per heavy atom. The Balaban J connectivity index is 1.46. The van der Waals surface area contributed by atoms with E-state index in [4.69, 9.17) is 4.84 Å². The van der Waals surface area contributed by atoms with Crippen molar-refractivity contribution < 1.29 is 14.4 Å². The molecular weight excluding hydrogens is 310 g/mol. The number of carbonyl (C=O) groups is 2. The molecule has 0 radical (unpaired) electrons. The molecule has 24 heavy (non-hydrogen) atoms. The van der Waals surface area contributed by atoms with Gasteiger partial charge in [-0.15, -0.1) is 0 Å². The summed E-state index contributed by atoms with van der Waals surface area (Å²) < 4.78 is 0. The quantitative estimate of drug-likeness (QED) is 0.742. The Kier molecular flexibility index (Phi) is 4.66. The summed E-state index contributed by atoms with van der Waals surface area (Å²) in [6.45, 7) is 0. The molecule has 3 N–H and O–H groups in total. The van der Waals surface area contributed by atoms with Gasteiger partial charge in [0.25, 0.3) is 5.91 Å². The first-order valence-electron chi connectivity index (χ1n) is 7.27. The molecule has 0 aliphatic carbocycles. The summed E-state index contributed by atoms with van der Waals surface area (Å²) in [5.74, 6) is -0.485. The minimum Gasteiger partial charge on any atom is -0.382 e. The van der Waals surface area contributed by atoms with Crippen LogP contribution in [-0.4, -0.2) is 28.7 Å². The van der Waals surface area contributed by atoms with Gasteiger partial charge in [-0.25, -0.2) is 10.2 Å². The molecule has 0 spiro atoms. The number of urea groups is 1. The number of hydrazine groups is 1. The monoisotopic (exact) mass is 325 g/mol. The highest BCUT2D eigenvalue weighted by atomic mass is 16.6. The van der Waals surface area contributed by atoms with Crippen molar-refractivity contribution in [1.82, 2.24) is 15.8 Å². The van der Waals surface area contributed by atoms with E-state index >= 15 is 0 Å². The number of carbonyl (C=O) groups excluding carboxylic acids is 2. The number of nitrogens with zero attached hydrogens (tertiary/aromatic N) is 2. The summed E-state index contributed by atoms with van der Waals surface area (Å²) in [5, 5.41) is 6.47. The van der Waals surface area contributed by atoms with Gasteiger partial charge in [-0.1, -0.05) is 23.4 Å². The predicted molar refractivity (Wildman–Crippen MR) is 87.0 cm³/mol. The summed E-state index contributed by atoms with van der Waals surface area (Å²) in [6.07, 6.45) is 2.81. The van der Waals surface area contributed by atoms with Gasteiger partial charge in [-0.2, -0.15) is 0 Å². The highest BCUT2D eigenvalue weighted by Gasteiger charge is 2.29. The van der Waals surface area contributed by atoms with Crippen molar-refractivity contribution in [3.8, 4) is 0 Å². The Bertz CT molecular complexity index is 749. The second kappa shape index (κ2) is 7.23. The van der Waals surface area contributed by atoms with Crippen LogP contribution in [0.2, 0.25) is 0 Å². The van der Waals surface area contributed by atoms with Gasteiger partial charge in [0.1, 0.15) is 0 Å². The first-order chi connectivity index (χ1) is 11.7. The Labute approximate surface area is 137 Å². The normalized spacial score (nSPS) is 15.8. The van der Waals surface area contributed by atoms with Crippen molar-refractivity contribution >= 4 is 23.3 Å². The fourth-order valence-corrected chi connectivity index (χ4v) is 2.10. The zero-order valence-corrected chi connectivity index (χ0v) is 12.6. The smallest absolute Gasteiger partial charge is 0.337 e. The van der Waals surface area contributed by atoms with Gasteiger partial charge in [0, 0.05) is 30.1 Å². The van der Waals surface area contributed by atoms with Gasteiger partial charge in [-0.05, 0) is 24.3 Å². The predicted octanol–water partition coefficient (Wildman–Crippen LogP) is 1.43. The van der Waals surface area contributed by atoms with Crippen molar-refractivity contribution in [1.29, 1.82) is 0 Å². The third kappa shape index (κ3) is 3.86. The lowest BCUT2D eigenvalue weighted by atomic mass is 10.1. The molecule has 0 fully saturated rings. The van der Waals surface area contributed by atoms with Gasteiger partial charge in [0.2, 0.25) is 6.10 Å². The topological polar surface area (TPSA) is 105 Å². The molecule has 3 amide bonds. The molecule has 0 saturated heterocycles. The first kappa shape index (κ1) is 15.5. The average Bonchev–Trinajstić information content (AvgIpc) is 3.11. The maximum absolute atomic E-state index is 12.0. The van der Waals surface area contributed by atoms with Crippen LogP contribution in [0.1, 0.15) is 12.0 Å². The lowest BCUT2D eigenvalue weighted by Crippen LogP contribution is -2.48. The standard InChI is InChI=1S/C16H15N5O3/c22-15(19-20-16(23)18-12-6-2-1-3-7-12)14-9-13(21-24-14)11-5-4-8-17-10-11/h1-8,10,14H,9H2,(H,19,22)(H2,18,20,23). The molecule has 0 saturated carbocycles. The number of aromatic nitrogens is 1. The molecule has 1 aromatic heterocycles. The maximum Gasteiger partial charge on any atom is 0.337 e. The van der Waals surface area contributed by atoms with E-state index in [1.165, 1.54) is 0 Å². The van der Waals surface area contributed by atoms with Crippen LogP contribution < -0.4 is 16.2 Å². The fourth-order valence-electron chi connectivity index (χ4n) is 2.10. The van der Waals surface area contributed by atoms with E-state index < -0.39 is 18.0 Å². The number of para-hydroxylation sites is 1. The van der Waals surface area contributed by atoms with Gasteiger partial charge < -0.3 is 10.2 Å². The Morgan fingerprint density at radius 2 is 1.92 bits per heavy atom. The van der Waals surface area contributed by atoms with Crippen LogP contribution in [0.5, 0.6) is 0 Å². The molecule has 2 aromatic rings. The van der Waals surface area contributed by atoms with Gasteiger partial charge >= 0.3 is 6.03 Å². The molecular formula is C16H15N5O3. The molecule has 122 valence electrons.